The summed E-state index contributed by atoms with van der Waals surface area (Å²) in [5.41, 5.74) is 0.523. The lowest BCUT2D eigenvalue weighted by Crippen LogP contribution is -2.63. The summed E-state index contributed by atoms with van der Waals surface area (Å²) in [7, 11) is 9.83. The van der Waals surface area contributed by atoms with Gasteiger partial charge in [-0.1, -0.05) is 121 Å². The van der Waals surface area contributed by atoms with Gasteiger partial charge in [-0.25, -0.2) is 0 Å². The van der Waals surface area contributed by atoms with E-state index in [2.05, 4.69) is 21.3 Å². The van der Waals surface area contributed by atoms with Crippen molar-refractivity contribution in [3.05, 3.63) is 42.0 Å². The van der Waals surface area contributed by atoms with Gasteiger partial charge in [0.15, 0.2) is 0 Å². The number of aliphatic hydroxyl groups is 1. The maximum atomic E-state index is 15.2. The van der Waals surface area contributed by atoms with Gasteiger partial charge in [0.2, 0.25) is 65.0 Å². The van der Waals surface area contributed by atoms with E-state index in [0.717, 1.165) is 14.7 Å². The molecule has 11 amide bonds. The van der Waals surface area contributed by atoms with Crippen molar-refractivity contribution < 1.29 is 63.0 Å². The molecular formula is C68H115N11O13. The van der Waals surface area contributed by atoms with Crippen LogP contribution in [0.5, 0.6) is 5.75 Å². The highest BCUT2D eigenvalue weighted by Gasteiger charge is 2.46. The smallest absolute Gasteiger partial charge is 0.246 e. The van der Waals surface area contributed by atoms with Crippen LogP contribution in [0.15, 0.2) is 36.4 Å². The molecule has 1 saturated heterocycles. The number of likely N-dealkylation sites (N-methyl/N-ethyl adjacent to an activating group) is 7. The van der Waals surface area contributed by atoms with Gasteiger partial charge in [-0.2, -0.15) is 0 Å². The van der Waals surface area contributed by atoms with Crippen LogP contribution in [0.25, 0.3) is 0 Å². The SMILES string of the molecule is C/C=C/C[C@@H](C)[C@@H](O)[C@H]1C(=O)N[C@@H](CC)C(=O)N(C)CC(=O)N(C)[C@@H](Cc2ccc(O)cc2)C(=O)N[C@@H](C(C)C)C(=O)N(C)[C@@H](CC(C)C)C(=O)N[C@@H](CC(C)C)C(=O)N[C@H](C)C(=O)N(C)[C@@H](CC(C)C)C(=O)N(C)[C@@H](CC(C)C)C(=O)N(C)[C@@H](C(C)C)C(=O)N1C. The van der Waals surface area contributed by atoms with Crippen molar-refractivity contribution in [3.63, 3.8) is 0 Å². The molecule has 1 fully saturated rings. The fourth-order valence-corrected chi connectivity index (χ4v) is 11.6. The fraction of sp³-hybridized carbons (Fsp3) is 0.721. The Kier molecular flexibility index (Phi) is 32.5. The Morgan fingerprint density at radius 3 is 1.42 bits per heavy atom. The third kappa shape index (κ3) is 22.6. The summed E-state index contributed by atoms with van der Waals surface area (Å²) in [6.45, 7) is 27.8. The van der Waals surface area contributed by atoms with Crippen molar-refractivity contribution in [3.8, 4) is 5.75 Å². The standard InChI is InChI=1S/C68H115N11O13/c1-24-26-27-44(15)58(82)57-62(86)70-48(25-2)64(88)73(17)37-54(81)74(18)51(36-46-28-30-47(80)31-29-46)61(85)72-55(42(11)12)67(91)75(19)50(33-39(5)6)60(84)71-49(32-38(3)4)59(83)69-45(16)63(87)76(20)52(34-40(7)8)65(89)77(21)53(35-41(9)10)66(90)78(22)56(43(13)14)68(92)79(57)23/h24,26,28-31,38-45,48-53,55-58,80,82H,25,27,32-37H2,1-23H3,(H,69,83)(H,70,86)(H,71,84)(H,72,85)/b26-24+/t44-,45-,48+,49+,50+,51+,52+,53+,55+,56+,57+,58-/m1/s1. The molecule has 1 aromatic carbocycles. The summed E-state index contributed by atoms with van der Waals surface area (Å²) in [5, 5.41) is 33.6. The Labute approximate surface area is 548 Å². The number of hydrogen-bond acceptors (Lipinski definition) is 13. The molecule has 0 saturated carbocycles. The molecule has 24 nitrogen and oxygen atoms in total. The number of benzene rings is 1. The summed E-state index contributed by atoms with van der Waals surface area (Å²) in [6.07, 6.45) is 2.73. The maximum Gasteiger partial charge on any atom is 0.246 e. The van der Waals surface area contributed by atoms with E-state index in [0.29, 0.717) is 12.0 Å². The van der Waals surface area contributed by atoms with Crippen LogP contribution in [0.1, 0.15) is 155 Å². The number of phenols is 1. The number of carbonyl (C=O) groups excluding carboxylic acids is 11. The summed E-state index contributed by atoms with van der Waals surface area (Å²) in [5.74, 6) is -10.3. The van der Waals surface area contributed by atoms with Gasteiger partial charge in [-0.05, 0) is 111 Å². The molecule has 12 atom stereocenters. The molecule has 6 N–H and O–H groups in total. The number of carbonyl (C=O) groups is 11. The van der Waals surface area contributed by atoms with Gasteiger partial charge in [0, 0.05) is 55.8 Å². The fourth-order valence-electron chi connectivity index (χ4n) is 11.6. The topological polar surface area (TPSA) is 299 Å². The van der Waals surface area contributed by atoms with Gasteiger partial charge >= 0.3 is 0 Å². The van der Waals surface area contributed by atoms with Gasteiger partial charge < -0.3 is 65.8 Å². The lowest BCUT2D eigenvalue weighted by atomic mass is 9.91. The second-order valence-electron chi connectivity index (χ2n) is 27.8. The number of phenolic OH excluding ortho intramolecular Hbond substituents is 1. The number of allylic oxidation sites excluding steroid dienone is 2. The number of rotatable bonds is 17. The monoisotopic (exact) mass is 1290 g/mol. The minimum Gasteiger partial charge on any atom is -0.508 e. The zero-order valence-electron chi connectivity index (χ0n) is 59.5. The highest BCUT2D eigenvalue weighted by Crippen LogP contribution is 2.26. The quantitative estimate of drug-likeness (QED) is 0.119. The summed E-state index contributed by atoms with van der Waals surface area (Å²) < 4.78 is 0. The van der Waals surface area contributed by atoms with Gasteiger partial charge in [-0.15, -0.1) is 0 Å². The van der Waals surface area contributed by atoms with Crippen molar-refractivity contribution in [2.75, 3.05) is 55.9 Å². The number of amides is 11. The first kappa shape index (κ1) is 81.0. The summed E-state index contributed by atoms with van der Waals surface area (Å²) in [6, 6.07) is -6.85. The molecule has 0 radical (unpaired) electrons. The molecule has 1 aliphatic heterocycles. The third-order valence-corrected chi connectivity index (χ3v) is 17.3. The molecule has 24 heteroatoms. The van der Waals surface area contributed by atoms with Gasteiger partial charge in [0.25, 0.3) is 0 Å². The van der Waals surface area contributed by atoms with Crippen molar-refractivity contribution in [1.82, 2.24) is 55.6 Å². The van der Waals surface area contributed by atoms with E-state index in [1.165, 1.54) is 88.0 Å². The predicted octanol–water partition coefficient (Wildman–Crippen LogP) is 4.20. The highest BCUT2D eigenvalue weighted by molar-refractivity contribution is 5.99. The highest BCUT2D eigenvalue weighted by atomic mass is 16.3. The van der Waals surface area contributed by atoms with Crippen molar-refractivity contribution >= 4 is 65.0 Å². The largest absolute Gasteiger partial charge is 0.508 e. The summed E-state index contributed by atoms with van der Waals surface area (Å²) >= 11 is 0. The number of aromatic hydroxyl groups is 1. The molecule has 0 aromatic heterocycles. The molecule has 2 rings (SSSR count). The summed E-state index contributed by atoms with van der Waals surface area (Å²) in [4.78, 5) is 171. The Bertz CT molecular complexity index is 2700. The Morgan fingerprint density at radius 1 is 0.489 bits per heavy atom. The number of hydrogen-bond donors (Lipinski definition) is 6. The molecule has 1 aromatic rings. The van der Waals surface area contributed by atoms with E-state index in [4.69, 9.17) is 0 Å². The van der Waals surface area contributed by atoms with Gasteiger partial charge in [0.1, 0.15) is 66.2 Å². The minimum atomic E-state index is -1.64. The Balaban J connectivity index is 3.07. The molecule has 0 unspecified atom stereocenters. The second kappa shape index (κ2) is 37.0. The van der Waals surface area contributed by atoms with Gasteiger partial charge in [-0.3, -0.25) is 52.7 Å². The molecule has 0 aliphatic carbocycles. The van der Waals surface area contributed by atoms with Gasteiger partial charge in [0.05, 0.1) is 12.6 Å². The normalized spacial score (nSPS) is 25.7. The molecule has 520 valence electrons. The maximum absolute atomic E-state index is 15.2. The first-order valence-electron chi connectivity index (χ1n) is 32.8. The van der Waals surface area contributed by atoms with E-state index in [9.17, 15) is 48.6 Å². The second-order valence-corrected chi connectivity index (χ2v) is 27.8. The lowest BCUT2D eigenvalue weighted by Gasteiger charge is -2.41. The van der Waals surface area contributed by atoms with Crippen LogP contribution in [-0.4, -0.2) is 232 Å². The molecule has 0 bridgehead atoms. The van der Waals surface area contributed by atoms with Crippen LogP contribution < -0.4 is 21.3 Å². The average Bonchev–Trinajstić information content (AvgIpc) is 0.833. The van der Waals surface area contributed by atoms with Crippen molar-refractivity contribution in [1.29, 1.82) is 0 Å². The molecule has 92 heavy (non-hydrogen) atoms. The Morgan fingerprint density at radius 2 is 0.946 bits per heavy atom. The number of nitrogens with zero attached hydrogens (tertiary/aromatic N) is 7. The number of aliphatic hydroxyl groups excluding tert-OH is 1. The third-order valence-electron chi connectivity index (χ3n) is 17.3. The first-order chi connectivity index (χ1) is 42.7. The van der Waals surface area contributed by atoms with E-state index >= 15 is 14.4 Å². The number of nitrogens with one attached hydrogen (secondary N) is 4. The zero-order chi connectivity index (χ0) is 70.7. The zero-order valence-corrected chi connectivity index (χ0v) is 59.5. The van der Waals surface area contributed by atoms with E-state index < -0.39 is 156 Å². The molecule has 1 heterocycles. The van der Waals surface area contributed by atoms with Crippen LogP contribution in [0, 0.1) is 41.4 Å². The molecular weight excluding hydrogens is 1180 g/mol. The molecule has 0 spiro atoms. The van der Waals surface area contributed by atoms with E-state index in [1.54, 1.807) is 72.8 Å². The van der Waals surface area contributed by atoms with Crippen LogP contribution in [0.3, 0.4) is 0 Å². The predicted molar refractivity (Wildman–Crippen MR) is 355 cm³/mol. The van der Waals surface area contributed by atoms with E-state index in [-0.39, 0.29) is 67.9 Å². The Hall–Kier alpha value is -7.11. The van der Waals surface area contributed by atoms with Crippen LogP contribution >= 0.6 is 0 Å². The molecule has 1 aliphatic rings. The average molecular weight is 1290 g/mol. The van der Waals surface area contributed by atoms with Crippen LogP contribution in [0.2, 0.25) is 0 Å². The van der Waals surface area contributed by atoms with Crippen LogP contribution in [-0.2, 0) is 59.2 Å². The lowest BCUT2D eigenvalue weighted by molar-refractivity contribution is -0.157. The first-order valence-corrected chi connectivity index (χ1v) is 32.8. The van der Waals surface area contributed by atoms with Crippen molar-refractivity contribution in [2.24, 2.45) is 41.4 Å². The minimum absolute atomic E-state index is 0.0118. The van der Waals surface area contributed by atoms with E-state index in [1.807, 2.05) is 55.4 Å². The van der Waals surface area contributed by atoms with Crippen molar-refractivity contribution in [2.45, 2.75) is 222 Å². The van der Waals surface area contributed by atoms with Crippen LogP contribution in [0.4, 0.5) is 0 Å².